The van der Waals surface area contributed by atoms with E-state index in [9.17, 15) is 18.4 Å². The molecule has 156 valence electrons. The third-order valence-electron chi connectivity index (χ3n) is 5.51. The van der Waals surface area contributed by atoms with Crippen LogP contribution < -0.4 is 9.80 Å². The van der Waals surface area contributed by atoms with E-state index in [2.05, 4.69) is 0 Å². The Labute approximate surface area is 186 Å². The zero-order valence-electron chi connectivity index (χ0n) is 16.0. The monoisotopic (exact) mass is 456 g/mol. The maximum atomic E-state index is 14.3. The average molecular weight is 457 g/mol. The van der Waals surface area contributed by atoms with Gasteiger partial charge >= 0.3 is 0 Å². The molecule has 1 spiro atoms. The number of carbonyl (C=O) groups is 2. The van der Waals surface area contributed by atoms with E-state index in [1.807, 2.05) is 0 Å². The minimum Gasteiger partial charge on any atom is -0.304 e. The van der Waals surface area contributed by atoms with E-state index in [1.54, 1.807) is 42.5 Å². The highest BCUT2D eigenvalue weighted by atomic mass is 35.5. The van der Waals surface area contributed by atoms with E-state index in [0.717, 1.165) is 0 Å². The van der Waals surface area contributed by atoms with Gasteiger partial charge in [0, 0.05) is 16.8 Å². The lowest BCUT2D eigenvalue weighted by atomic mass is 10.0. The lowest BCUT2D eigenvalue weighted by Crippen LogP contribution is -2.49. The number of halogens is 3. The van der Waals surface area contributed by atoms with Crippen LogP contribution in [0.25, 0.3) is 0 Å². The number of para-hydroxylation sites is 1. The summed E-state index contributed by atoms with van der Waals surface area (Å²) in [5, 5.41) is -0.140. The van der Waals surface area contributed by atoms with Crippen molar-refractivity contribution in [1.29, 1.82) is 0 Å². The van der Waals surface area contributed by atoms with Gasteiger partial charge in [-0.2, -0.15) is 0 Å². The summed E-state index contributed by atoms with van der Waals surface area (Å²) < 4.78 is 28.1. The third-order valence-corrected chi connectivity index (χ3v) is 7.19. The van der Waals surface area contributed by atoms with Crippen molar-refractivity contribution < 1.29 is 18.4 Å². The molecule has 1 atom stereocenters. The maximum absolute atomic E-state index is 14.3. The Morgan fingerprint density at radius 1 is 0.968 bits per heavy atom. The minimum absolute atomic E-state index is 0.0248. The number of thioether (sulfide) groups is 1. The van der Waals surface area contributed by atoms with Crippen molar-refractivity contribution in [2.45, 2.75) is 11.4 Å². The minimum atomic E-state index is -1.36. The predicted octanol–water partition coefficient (Wildman–Crippen LogP) is 5.10. The van der Waals surface area contributed by atoms with Gasteiger partial charge < -0.3 is 4.90 Å². The molecule has 3 aromatic carbocycles. The number of rotatable bonds is 3. The molecule has 2 heterocycles. The number of nitrogens with zero attached hydrogens (tertiary/aromatic N) is 2. The molecule has 1 saturated heterocycles. The first-order chi connectivity index (χ1) is 14.9. The van der Waals surface area contributed by atoms with Crippen LogP contribution in [0.5, 0.6) is 0 Å². The van der Waals surface area contributed by atoms with Crippen LogP contribution in [0.3, 0.4) is 0 Å². The standard InChI is InChI=1S/C23H15ClF2N2O2S/c24-17-11-15(9-10-19(17)26)28-21(29)13-31-23(28)16-6-2-4-8-20(16)27(22(23)30)12-14-5-1-3-7-18(14)25/h1-11H,12-13H2. The largest absolute Gasteiger partial charge is 0.304 e. The molecule has 5 rings (SSSR count). The first-order valence-corrected chi connectivity index (χ1v) is 10.9. The van der Waals surface area contributed by atoms with Gasteiger partial charge in [-0.25, -0.2) is 8.78 Å². The second-order valence-electron chi connectivity index (χ2n) is 7.26. The van der Waals surface area contributed by atoms with Gasteiger partial charge in [-0.3, -0.25) is 14.5 Å². The molecule has 0 saturated carbocycles. The number of hydrogen-bond donors (Lipinski definition) is 0. The van der Waals surface area contributed by atoms with E-state index in [0.29, 0.717) is 22.5 Å². The molecule has 0 aromatic heterocycles. The fourth-order valence-corrected chi connectivity index (χ4v) is 5.67. The Balaban J connectivity index is 1.66. The van der Waals surface area contributed by atoms with Gasteiger partial charge in [0.1, 0.15) is 11.6 Å². The Bertz CT molecular complexity index is 1240. The Kier molecular flexibility index (Phi) is 4.75. The SMILES string of the molecule is O=C1CSC2(C(=O)N(Cc3ccccc3F)c3ccccc32)N1c1ccc(F)c(Cl)c1. The van der Waals surface area contributed by atoms with Gasteiger partial charge in [0.25, 0.3) is 5.91 Å². The van der Waals surface area contributed by atoms with Crippen LogP contribution >= 0.6 is 23.4 Å². The van der Waals surface area contributed by atoms with Gasteiger partial charge in [0.15, 0.2) is 0 Å². The summed E-state index contributed by atoms with van der Waals surface area (Å²) in [4.78, 5) is 28.3. The summed E-state index contributed by atoms with van der Waals surface area (Å²) in [6.45, 7) is 0.0248. The van der Waals surface area contributed by atoms with Crippen LogP contribution in [0.15, 0.2) is 66.7 Å². The van der Waals surface area contributed by atoms with E-state index in [-0.39, 0.29) is 29.1 Å². The van der Waals surface area contributed by atoms with E-state index in [4.69, 9.17) is 11.6 Å². The van der Waals surface area contributed by atoms with Crippen LogP contribution in [-0.2, 0) is 21.0 Å². The molecule has 8 heteroatoms. The van der Waals surface area contributed by atoms with Gasteiger partial charge in [-0.15, -0.1) is 11.8 Å². The van der Waals surface area contributed by atoms with Crippen LogP contribution in [0.1, 0.15) is 11.1 Å². The molecule has 0 radical (unpaired) electrons. The molecule has 2 aliphatic heterocycles. The topological polar surface area (TPSA) is 40.6 Å². The summed E-state index contributed by atoms with van der Waals surface area (Å²) in [6, 6.07) is 17.4. The second kappa shape index (κ2) is 7.35. The third kappa shape index (κ3) is 2.95. The average Bonchev–Trinajstić information content (AvgIpc) is 3.23. The second-order valence-corrected chi connectivity index (χ2v) is 8.84. The molecular weight excluding hydrogens is 442 g/mol. The molecule has 2 aliphatic rings. The number of fused-ring (bicyclic) bond motifs is 2. The summed E-state index contributed by atoms with van der Waals surface area (Å²) in [5.41, 5.74) is 1.94. The number of benzene rings is 3. The summed E-state index contributed by atoms with van der Waals surface area (Å²) >= 11 is 7.17. The Morgan fingerprint density at radius 3 is 2.48 bits per heavy atom. The molecule has 0 aliphatic carbocycles. The number of carbonyl (C=O) groups excluding carboxylic acids is 2. The molecule has 31 heavy (non-hydrogen) atoms. The molecule has 0 N–H and O–H groups in total. The summed E-state index contributed by atoms with van der Waals surface area (Å²) in [7, 11) is 0. The lowest BCUT2D eigenvalue weighted by Gasteiger charge is -2.33. The maximum Gasteiger partial charge on any atom is 0.269 e. The van der Waals surface area contributed by atoms with Gasteiger partial charge in [-0.05, 0) is 30.3 Å². The quantitative estimate of drug-likeness (QED) is 0.550. The highest BCUT2D eigenvalue weighted by Crippen LogP contribution is 2.56. The van der Waals surface area contributed by atoms with Crippen LogP contribution in [0.2, 0.25) is 5.02 Å². The van der Waals surface area contributed by atoms with Gasteiger partial charge in [-0.1, -0.05) is 48.0 Å². The number of amides is 2. The normalized spacial score (nSPS) is 20.1. The molecule has 3 aromatic rings. The summed E-state index contributed by atoms with van der Waals surface area (Å²) in [6.07, 6.45) is 0. The van der Waals surface area contributed by atoms with Crippen molar-refractivity contribution in [2.24, 2.45) is 0 Å². The van der Waals surface area contributed by atoms with Gasteiger partial charge in [0.05, 0.1) is 23.0 Å². The van der Waals surface area contributed by atoms with E-state index in [1.165, 1.54) is 45.8 Å². The molecule has 1 unspecified atom stereocenters. The highest BCUT2D eigenvalue weighted by Gasteiger charge is 2.61. The fourth-order valence-electron chi connectivity index (χ4n) is 4.13. The first kappa shape index (κ1) is 20.0. The van der Waals surface area contributed by atoms with Crippen LogP contribution in [-0.4, -0.2) is 17.6 Å². The lowest BCUT2D eigenvalue weighted by molar-refractivity contribution is -0.123. The number of anilines is 2. The van der Waals surface area contributed by atoms with Crippen molar-refractivity contribution >= 4 is 46.6 Å². The fraction of sp³-hybridized carbons (Fsp3) is 0.130. The van der Waals surface area contributed by atoms with E-state index >= 15 is 0 Å². The zero-order chi connectivity index (χ0) is 21.8. The van der Waals surface area contributed by atoms with Crippen molar-refractivity contribution in [1.82, 2.24) is 0 Å². The molecular formula is C23H15ClF2N2O2S. The predicted molar refractivity (Wildman–Crippen MR) is 117 cm³/mol. The number of hydrogen-bond acceptors (Lipinski definition) is 3. The molecule has 0 bridgehead atoms. The van der Waals surface area contributed by atoms with Crippen molar-refractivity contribution in [2.75, 3.05) is 15.6 Å². The van der Waals surface area contributed by atoms with E-state index < -0.39 is 16.5 Å². The van der Waals surface area contributed by atoms with Crippen molar-refractivity contribution in [3.63, 3.8) is 0 Å². The molecule has 1 fully saturated rings. The Morgan fingerprint density at radius 2 is 1.71 bits per heavy atom. The summed E-state index contributed by atoms with van der Waals surface area (Å²) in [5.74, 6) is -1.59. The van der Waals surface area contributed by atoms with Crippen molar-refractivity contribution in [3.05, 3.63) is 94.5 Å². The first-order valence-electron chi connectivity index (χ1n) is 9.50. The van der Waals surface area contributed by atoms with Crippen molar-refractivity contribution in [3.8, 4) is 0 Å². The van der Waals surface area contributed by atoms with Crippen LogP contribution in [0, 0.1) is 11.6 Å². The molecule has 4 nitrogen and oxygen atoms in total. The Hall–Kier alpha value is -2.90. The molecule has 2 amide bonds. The van der Waals surface area contributed by atoms with Crippen LogP contribution in [0.4, 0.5) is 20.2 Å². The zero-order valence-corrected chi connectivity index (χ0v) is 17.6. The smallest absolute Gasteiger partial charge is 0.269 e. The van der Waals surface area contributed by atoms with Gasteiger partial charge in [0.2, 0.25) is 10.8 Å². The highest BCUT2D eigenvalue weighted by molar-refractivity contribution is 8.02.